The second kappa shape index (κ2) is 5.74. The van der Waals surface area contributed by atoms with Gasteiger partial charge in [-0.15, -0.1) is 0 Å². The molecule has 1 atom stereocenters. The van der Waals surface area contributed by atoms with Crippen LogP contribution >= 0.6 is 0 Å². The quantitative estimate of drug-likeness (QED) is 0.908. The molecule has 0 aliphatic rings. The van der Waals surface area contributed by atoms with E-state index in [4.69, 9.17) is 4.74 Å². The first-order valence-corrected chi connectivity index (χ1v) is 6.58. The van der Waals surface area contributed by atoms with Gasteiger partial charge in [0.15, 0.2) is 5.78 Å². The summed E-state index contributed by atoms with van der Waals surface area (Å²) >= 11 is 0. The van der Waals surface area contributed by atoms with Crippen molar-refractivity contribution in [2.24, 2.45) is 5.92 Å². The monoisotopic (exact) mass is 264 g/mol. The third-order valence-electron chi connectivity index (χ3n) is 3.23. The Morgan fingerprint density at radius 3 is 2.26 bits per heavy atom. The maximum atomic E-state index is 12.0. The van der Waals surface area contributed by atoms with E-state index in [1.807, 2.05) is 18.2 Å². The lowest BCUT2D eigenvalue weighted by atomic mass is 9.84. The van der Waals surface area contributed by atoms with Gasteiger partial charge >= 0.3 is 0 Å². The van der Waals surface area contributed by atoms with Gasteiger partial charge < -0.3 is 9.84 Å². The first-order chi connectivity index (χ1) is 8.68. The number of aliphatic hydroxyl groups excluding tert-OH is 1. The van der Waals surface area contributed by atoms with E-state index in [2.05, 4.69) is 20.8 Å². The fourth-order valence-electron chi connectivity index (χ4n) is 1.88. The summed E-state index contributed by atoms with van der Waals surface area (Å²) in [6, 6.07) is 5.64. The van der Waals surface area contributed by atoms with Crippen molar-refractivity contribution in [2.45, 2.75) is 46.1 Å². The minimum atomic E-state index is -1.13. The fourth-order valence-corrected chi connectivity index (χ4v) is 1.88. The molecule has 1 unspecified atom stereocenters. The van der Waals surface area contributed by atoms with E-state index in [1.54, 1.807) is 21.0 Å². The highest BCUT2D eigenvalue weighted by Crippen LogP contribution is 2.32. The normalized spacial score (nSPS) is 13.5. The number of carbonyl (C=O) groups is 1. The van der Waals surface area contributed by atoms with Gasteiger partial charge in [-0.3, -0.25) is 4.79 Å². The number of rotatable bonds is 4. The van der Waals surface area contributed by atoms with Crippen LogP contribution in [0.4, 0.5) is 0 Å². The van der Waals surface area contributed by atoms with Crippen molar-refractivity contribution >= 4 is 5.78 Å². The van der Waals surface area contributed by atoms with E-state index >= 15 is 0 Å². The molecule has 0 spiro atoms. The zero-order valence-corrected chi connectivity index (χ0v) is 12.7. The smallest absolute Gasteiger partial charge is 0.168 e. The van der Waals surface area contributed by atoms with Crippen molar-refractivity contribution in [3.8, 4) is 5.75 Å². The van der Waals surface area contributed by atoms with Gasteiger partial charge in [-0.2, -0.15) is 0 Å². The molecule has 0 saturated carbocycles. The van der Waals surface area contributed by atoms with Gasteiger partial charge in [0.2, 0.25) is 0 Å². The van der Waals surface area contributed by atoms with E-state index in [0.717, 1.165) is 5.56 Å². The highest BCUT2D eigenvalue weighted by atomic mass is 16.5. The van der Waals surface area contributed by atoms with Crippen LogP contribution in [0.15, 0.2) is 18.2 Å². The zero-order valence-electron chi connectivity index (χ0n) is 12.7. The molecule has 1 rings (SSSR count). The molecule has 0 fully saturated rings. The lowest BCUT2D eigenvalue weighted by molar-refractivity contribution is -0.130. The Morgan fingerprint density at radius 2 is 1.84 bits per heavy atom. The molecule has 0 bridgehead atoms. The standard InChI is InChI=1S/C16H24O3/c1-10(2)14(17)15(18)12-9-11(16(3,4)5)7-8-13(12)19-6/h7-10,15,18H,1-6H3. The molecule has 3 heteroatoms. The summed E-state index contributed by atoms with van der Waals surface area (Å²) in [7, 11) is 1.54. The molecule has 1 aromatic rings. The molecule has 1 aromatic carbocycles. The molecular formula is C16H24O3. The summed E-state index contributed by atoms with van der Waals surface area (Å²) in [6.45, 7) is 9.84. The highest BCUT2D eigenvalue weighted by Gasteiger charge is 2.25. The number of hydrogen-bond donors (Lipinski definition) is 1. The third-order valence-corrected chi connectivity index (χ3v) is 3.23. The van der Waals surface area contributed by atoms with Gasteiger partial charge in [0.25, 0.3) is 0 Å². The first-order valence-electron chi connectivity index (χ1n) is 6.58. The summed E-state index contributed by atoms with van der Waals surface area (Å²) < 4.78 is 5.25. The SMILES string of the molecule is COc1ccc(C(C)(C)C)cc1C(O)C(=O)C(C)C. The van der Waals surface area contributed by atoms with Crippen LogP contribution in [-0.2, 0) is 10.2 Å². The number of aliphatic hydroxyl groups is 1. The van der Waals surface area contributed by atoms with Crippen LogP contribution in [0, 0.1) is 5.92 Å². The van der Waals surface area contributed by atoms with Gasteiger partial charge in [0.05, 0.1) is 7.11 Å². The van der Waals surface area contributed by atoms with Gasteiger partial charge in [0, 0.05) is 11.5 Å². The lowest BCUT2D eigenvalue weighted by Gasteiger charge is -2.23. The Balaban J connectivity index is 3.27. The van der Waals surface area contributed by atoms with Crippen LogP contribution in [0.2, 0.25) is 0 Å². The number of ketones is 1. The number of benzene rings is 1. The van der Waals surface area contributed by atoms with E-state index in [1.165, 1.54) is 0 Å². The topological polar surface area (TPSA) is 46.5 Å². The van der Waals surface area contributed by atoms with E-state index in [-0.39, 0.29) is 17.1 Å². The number of ether oxygens (including phenoxy) is 1. The average Bonchev–Trinajstić information content (AvgIpc) is 2.34. The Morgan fingerprint density at radius 1 is 1.26 bits per heavy atom. The second-order valence-electron chi connectivity index (χ2n) is 6.17. The largest absolute Gasteiger partial charge is 0.496 e. The third kappa shape index (κ3) is 3.57. The van der Waals surface area contributed by atoms with E-state index in [9.17, 15) is 9.90 Å². The van der Waals surface area contributed by atoms with E-state index in [0.29, 0.717) is 11.3 Å². The van der Waals surface area contributed by atoms with Gasteiger partial charge in [-0.1, -0.05) is 40.7 Å². The summed E-state index contributed by atoms with van der Waals surface area (Å²) in [4.78, 5) is 12.0. The summed E-state index contributed by atoms with van der Waals surface area (Å²) in [5, 5.41) is 10.2. The van der Waals surface area contributed by atoms with E-state index < -0.39 is 6.10 Å². The van der Waals surface area contributed by atoms with Crippen LogP contribution in [0.5, 0.6) is 5.75 Å². The maximum absolute atomic E-state index is 12.0. The van der Waals surface area contributed by atoms with Crippen LogP contribution in [-0.4, -0.2) is 18.0 Å². The molecule has 0 aromatic heterocycles. The molecule has 0 aliphatic carbocycles. The molecule has 0 heterocycles. The van der Waals surface area contributed by atoms with Crippen LogP contribution in [0.1, 0.15) is 51.8 Å². The molecular weight excluding hydrogens is 240 g/mol. The average molecular weight is 264 g/mol. The molecule has 19 heavy (non-hydrogen) atoms. The van der Waals surface area contributed by atoms with Crippen LogP contribution < -0.4 is 4.74 Å². The van der Waals surface area contributed by atoms with Crippen molar-refractivity contribution in [3.05, 3.63) is 29.3 Å². The van der Waals surface area contributed by atoms with Crippen molar-refractivity contribution in [1.82, 2.24) is 0 Å². The Hall–Kier alpha value is -1.35. The molecule has 0 saturated heterocycles. The number of carbonyl (C=O) groups excluding carboxylic acids is 1. The molecule has 1 N–H and O–H groups in total. The molecule has 0 aliphatic heterocycles. The van der Waals surface area contributed by atoms with Crippen molar-refractivity contribution in [1.29, 1.82) is 0 Å². The van der Waals surface area contributed by atoms with Crippen LogP contribution in [0.25, 0.3) is 0 Å². The minimum Gasteiger partial charge on any atom is -0.496 e. The zero-order chi connectivity index (χ0) is 14.8. The van der Waals surface area contributed by atoms with Crippen molar-refractivity contribution < 1.29 is 14.6 Å². The summed E-state index contributed by atoms with van der Waals surface area (Å²) in [5.41, 5.74) is 1.58. The Kier molecular flexibility index (Phi) is 4.75. The molecule has 106 valence electrons. The lowest BCUT2D eigenvalue weighted by Crippen LogP contribution is -2.19. The van der Waals surface area contributed by atoms with Gasteiger partial charge in [0.1, 0.15) is 11.9 Å². The predicted octanol–water partition coefficient (Wildman–Crippen LogP) is 3.25. The molecule has 3 nitrogen and oxygen atoms in total. The minimum absolute atomic E-state index is 0.0401. The summed E-state index contributed by atoms with van der Waals surface area (Å²) in [5.74, 6) is 0.150. The molecule has 0 amide bonds. The highest BCUT2D eigenvalue weighted by molar-refractivity contribution is 5.86. The number of methoxy groups -OCH3 is 1. The summed E-state index contributed by atoms with van der Waals surface area (Å²) in [6.07, 6.45) is -1.13. The number of hydrogen-bond acceptors (Lipinski definition) is 3. The Labute approximate surface area is 115 Å². The fraction of sp³-hybridized carbons (Fsp3) is 0.562. The van der Waals surface area contributed by atoms with Crippen LogP contribution in [0.3, 0.4) is 0 Å². The second-order valence-corrected chi connectivity index (χ2v) is 6.17. The van der Waals surface area contributed by atoms with Gasteiger partial charge in [-0.25, -0.2) is 0 Å². The number of Topliss-reactive ketones (excluding diaryl/α,β-unsaturated/α-hetero) is 1. The Bertz CT molecular complexity index is 456. The van der Waals surface area contributed by atoms with Crippen molar-refractivity contribution in [3.63, 3.8) is 0 Å². The predicted molar refractivity (Wildman–Crippen MR) is 76.5 cm³/mol. The molecule has 0 radical (unpaired) electrons. The van der Waals surface area contributed by atoms with Gasteiger partial charge in [-0.05, 0) is 23.1 Å². The van der Waals surface area contributed by atoms with Crippen molar-refractivity contribution in [2.75, 3.05) is 7.11 Å². The maximum Gasteiger partial charge on any atom is 0.168 e. The first kappa shape index (κ1) is 15.7.